The molecule has 17 heavy (non-hydrogen) atoms. The lowest BCUT2D eigenvalue weighted by molar-refractivity contribution is 1.14. The van der Waals surface area contributed by atoms with Crippen LogP contribution in [0.4, 0.5) is 5.69 Å². The number of anilines is 1. The molecule has 0 heterocycles. The molecule has 0 fully saturated rings. The molecular weight excluding hydrogens is 206 g/mol. The summed E-state index contributed by atoms with van der Waals surface area (Å²) >= 11 is 0. The number of aryl methyl sites for hydroxylation is 2. The zero-order chi connectivity index (χ0) is 12.4. The van der Waals surface area contributed by atoms with Crippen molar-refractivity contribution < 1.29 is 0 Å². The van der Waals surface area contributed by atoms with Gasteiger partial charge in [-0.1, -0.05) is 31.2 Å². The third-order valence-corrected chi connectivity index (χ3v) is 3.44. The molecule has 2 aromatic rings. The van der Waals surface area contributed by atoms with E-state index in [0.29, 0.717) is 0 Å². The molecular formula is C16H19N. The molecule has 2 aromatic carbocycles. The number of rotatable bonds is 2. The smallest absolute Gasteiger partial charge is 0.0346 e. The van der Waals surface area contributed by atoms with Crippen molar-refractivity contribution in [2.75, 3.05) is 5.73 Å². The van der Waals surface area contributed by atoms with Gasteiger partial charge in [0.15, 0.2) is 0 Å². The summed E-state index contributed by atoms with van der Waals surface area (Å²) in [7, 11) is 0. The molecule has 88 valence electrons. The second-order valence-electron chi connectivity index (χ2n) is 4.51. The monoisotopic (exact) mass is 225 g/mol. The van der Waals surface area contributed by atoms with E-state index in [1.54, 1.807) is 0 Å². The molecule has 0 amide bonds. The number of nitrogens with two attached hydrogens (primary N) is 1. The minimum absolute atomic E-state index is 0.890. The fraction of sp³-hybridized carbons (Fsp3) is 0.250. The molecule has 0 unspecified atom stereocenters. The van der Waals surface area contributed by atoms with Crippen LogP contribution in [-0.4, -0.2) is 0 Å². The second kappa shape index (κ2) is 4.62. The van der Waals surface area contributed by atoms with Crippen LogP contribution in [0.2, 0.25) is 0 Å². The van der Waals surface area contributed by atoms with Gasteiger partial charge in [-0.25, -0.2) is 0 Å². The van der Waals surface area contributed by atoms with Gasteiger partial charge in [-0.3, -0.25) is 0 Å². The Balaban J connectivity index is 2.57. The van der Waals surface area contributed by atoms with E-state index in [1.807, 2.05) is 6.07 Å². The van der Waals surface area contributed by atoms with Crippen LogP contribution in [0.3, 0.4) is 0 Å². The van der Waals surface area contributed by atoms with Crippen LogP contribution in [-0.2, 0) is 6.42 Å². The van der Waals surface area contributed by atoms with E-state index in [0.717, 1.165) is 12.1 Å². The summed E-state index contributed by atoms with van der Waals surface area (Å²) in [4.78, 5) is 0. The second-order valence-corrected chi connectivity index (χ2v) is 4.51. The van der Waals surface area contributed by atoms with Gasteiger partial charge in [0.25, 0.3) is 0 Å². The normalized spacial score (nSPS) is 10.5. The van der Waals surface area contributed by atoms with Crippen LogP contribution in [0.25, 0.3) is 11.1 Å². The largest absolute Gasteiger partial charge is 0.399 e. The predicted molar refractivity (Wildman–Crippen MR) is 75.1 cm³/mol. The van der Waals surface area contributed by atoms with Crippen LogP contribution in [0.5, 0.6) is 0 Å². The van der Waals surface area contributed by atoms with Gasteiger partial charge in [-0.15, -0.1) is 0 Å². The van der Waals surface area contributed by atoms with Gasteiger partial charge in [0.2, 0.25) is 0 Å². The molecule has 0 aliphatic heterocycles. The number of nitrogen functional groups attached to an aromatic ring is 1. The lowest BCUT2D eigenvalue weighted by Crippen LogP contribution is -1.94. The molecule has 1 heteroatoms. The summed E-state index contributed by atoms with van der Waals surface area (Å²) in [6.07, 6.45) is 0.977. The van der Waals surface area contributed by atoms with Crippen molar-refractivity contribution in [3.63, 3.8) is 0 Å². The molecule has 0 aliphatic rings. The first-order chi connectivity index (χ1) is 8.13. The Morgan fingerprint density at radius 1 is 1.06 bits per heavy atom. The van der Waals surface area contributed by atoms with E-state index in [-0.39, 0.29) is 0 Å². The van der Waals surface area contributed by atoms with Crippen molar-refractivity contribution in [3.05, 3.63) is 53.1 Å². The van der Waals surface area contributed by atoms with E-state index < -0.39 is 0 Å². The fourth-order valence-electron chi connectivity index (χ4n) is 2.14. The minimum Gasteiger partial charge on any atom is -0.399 e. The van der Waals surface area contributed by atoms with Gasteiger partial charge in [0, 0.05) is 5.69 Å². The molecule has 0 aliphatic carbocycles. The Kier molecular flexibility index (Phi) is 3.19. The van der Waals surface area contributed by atoms with Crippen molar-refractivity contribution in [3.8, 4) is 11.1 Å². The number of hydrogen-bond donors (Lipinski definition) is 1. The predicted octanol–water partition coefficient (Wildman–Crippen LogP) is 4.12. The first-order valence-corrected chi connectivity index (χ1v) is 6.08. The maximum absolute atomic E-state index is 5.95. The van der Waals surface area contributed by atoms with Gasteiger partial charge in [-0.05, 0) is 60.2 Å². The molecule has 0 saturated carbocycles. The van der Waals surface area contributed by atoms with Crippen LogP contribution >= 0.6 is 0 Å². The standard InChI is InChI=1S/C16H19N/c1-4-13-10-14(8-9-16(13)17)15-7-5-6-11(2)12(15)3/h5-10H,4,17H2,1-3H3. The lowest BCUT2D eigenvalue weighted by atomic mass is 9.95. The molecule has 0 atom stereocenters. The zero-order valence-electron chi connectivity index (χ0n) is 10.7. The van der Waals surface area contributed by atoms with E-state index in [4.69, 9.17) is 5.73 Å². The van der Waals surface area contributed by atoms with E-state index >= 15 is 0 Å². The van der Waals surface area contributed by atoms with Crippen molar-refractivity contribution in [1.82, 2.24) is 0 Å². The Morgan fingerprint density at radius 2 is 1.82 bits per heavy atom. The molecule has 0 bridgehead atoms. The summed E-state index contributed by atoms with van der Waals surface area (Å²) in [5.74, 6) is 0. The average molecular weight is 225 g/mol. The minimum atomic E-state index is 0.890. The fourth-order valence-corrected chi connectivity index (χ4v) is 2.14. The SMILES string of the molecule is CCc1cc(-c2cccc(C)c2C)ccc1N. The van der Waals surface area contributed by atoms with Gasteiger partial charge in [-0.2, -0.15) is 0 Å². The lowest BCUT2D eigenvalue weighted by Gasteiger charge is -2.11. The third kappa shape index (κ3) is 2.19. The van der Waals surface area contributed by atoms with E-state index in [1.165, 1.54) is 27.8 Å². The Labute approximate surface area is 103 Å². The quantitative estimate of drug-likeness (QED) is 0.764. The molecule has 0 spiro atoms. The highest BCUT2D eigenvalue weighted by Gasteiger charge is 2.05. The van der Waals surface area contributed by atoms with Crippen molar-refractivity contribution in [2.24, 2.45) is 0 Å². The summed E-state index contributed by atoms with van der Waals surface area (Å²) in [5, 5.41) is 0. The molecule has 0 aromatic heterocycles. The van der Waals surface area contributed by atoms with Gasteiger partial charge >= 0.3 is 0 Å². The summed E-state index contributed by atoms with van der Waals surface area (Å²) in [6, 6.07) is 12.8. The Morgan fingerprint density at radius 3 is 2.53 bits per heavy atom. The topological polar surface area (TPSA) is 26.0 Å². The third-order valence-electron chi connectivity index (χ3n) is 3.44. The Bertz CT molecular complexity index is 541. The number of hydrogen-bond acceptors (Lipinski definition) is 1. The van der Waals surface area contributed by atoms with Gasteiger partial charge < -0.3 is 5.73 Å². The van der Waals surface area contributed by atoms with Crippen molar-refractivity contribution in [1.29, 1.82) is 0 Å². The molecule has 0 saturated heterocycles. The van der Waals surface area contributed by atoms with E-state index in [9.17, 15) is 0 Å². The zero-order valence-corrected chi connectivity index (χ0v) is 10.7. The average Bonchev–Trinajstić information content (AvgIpc) is 2.34. The molecule has 2 N–H and O–H groups in total. The summed E-state index contributed by atoms with van der Waals surface area (Å²) < 4.78 is 0. The van der Waals surface area contributed by atoms with Crippen molar-refractivity contribution >= 4 is 5.69 Å². The van der Waals surface area contributed by atoms with Gasteiger partial charge in [0.05, 0.1) is 0 Å². The highest BCUT2D eigenvalue weighted by Crippen LogP contribution is 2.28. The van der Waals surface area contributed by atoms with Crippen LogP contribution in [0.15, 0.2) is 36.4 Å². The summed E-state index contributed by atoms with van der Waals surface area (Å²) in [5.41, 5.74) is 13.3. The van der Waals surface area contributed by atoms with E-state index in [2.05, 4.69) is 51.1 Å². The maximum atomic E-state index is 5.95. The Hall–Kier alpha value is -1.76. The first kappa shape index (κ1) is 11.7. The van der Waals surface area contributed by atoms with Crippen molar-refractivity contribution in [2.45, 2.75) is 27.2 Å². The van der Waals surface area contributed by atoms with Crippen LogP contribution < -0.4 is 5.73 Å². The number of benzene rings is 2. The molecule has 0 radical (unpaired) electrons. The van der Waals surface area contributed by atoms with Gasteiger partial charge in [0.1, 0.15) is 0 Å². The van der Waals surface area contributed by atoms with Crippen LogP contribution in [0, 0.1) is 13.8 Å². The molecule has 1 nitrogen and oxygen atoms in total. The maximum Gasteiger partial charge on any atom is 0.0346 e. The first-order valence-electron chi connectivity index (χ1n) is 6.08. The summed E-state index contributed by atoms with van der Waals surface area (Å²) in [6.45, 7) is 6.46. The highest BCUT2D eigenvalue weighted by atomic mass is 14.6. The van der Waals surface area contributed by atoms with Crippen LogP contribution in [0.1, 0.15) is 23.6 Å². The molecule has 2 rings (SSSR count). The highest BCUT2D eigenvalue weighted by molar-refractivity contribution is 5.71.